The van der Waals surface area contributed by atoms with Crippen molar-refractivity contribution in [2.75, 3.05) is 0 Å². The first-order valence-electron chi connectivity index (χ1n) is 9.08. The predicted octanol–water partition coefficient (Wildman–Crippen LogP) is 3.98. The van der Waals surface area contributed by atoms with Crippen LogP contribution in [0.15, 0.2) is 23.8 Å². The molecule has 5 atom stereocenters. The van der Waals surface area contributed by atoms with E-state index in [9.17, 15) is 9.59 Å². The predicted molar refractivity (Wildman–Crippen MR) is 87.6 cm³/mol. The van der Waals surface area contributed by atoms with Gasteiger partial charge in [0.25, 0.3) is 0 Å². The Morgan fingerprint density at radius 2 is 2.04 bits per heavy atom. The summed E-state index contributed by atoms with van der Waals surface area (Å²) in [5.74, 6) is 1.50. The van der Waals surface area contributed by atoms with E-state index in [1.54, 1.807) is 12.2 Å². The summed E-state index contributed by atoms with van der Waals surface area (Å²) in [6.07, 6.45) is 13.6. The molecular weight excluding hydrogens is 288 g/mol. The number of rotatable bonds is 1. The van der Waals surface area contributed by atoms with Crippen molar-refractivity contribution >= 4 is 11.8 Å². The van der Waals surface area contributed by atoms with Crippen LogP contribution in [0.3, 0.4) is 0 Å². The van der Waals surface area contributed by atoms with Gasteiger partial charge in [-0.25, -0.2) is 0 Å². The molecular formula is C20H26O3. The Morgan fingerprint density at radius 3 is 2.83 bits per heavy atom. The van der Waals surface area contributed by atoms with Crippen LogP contribution < -0.4 is 0 Å². The largest absolute Gasteiger partial charge is 0.450 e. The molecule has 3 heteroatoms. The van der Waals surface area contributed by atoms with Crippen molar-refractivity contribution in [3.8, 4) is 0 Å². The normalized spacial score (nSPS) is 44.9. The maximum absolute atomic E-state index is 11.8. The van der Waals surface area contributed by atoms with E-state index < -0.39 is 5.60 Å². The molecule has 4 rings (SSSR count). The number of allylic oxidation sites excluding steroid dienone is 2. The lowest BCUT2D eigenvalue weighted by molar-refractivity contribution is -0.163. The van der Waals surface area contributed by atoms with Gasteiger partial charge in [-0.2, -0.15) is 0 Å². The number of carbonyl (C=O) groups excluding carboxylic acids is 2. The average Bonchev–Trinajstić information content (AvgIpc) is 2.89. The van der Waals surface area contributed by atoms with Crippen LogP contribution in [0.2, 0.25) is 0 Å². The van der Waals surface area contributed by atoms with E-state index >= 15 is 0 Å². The molecule has 0 amide bonds. The second-order valence-electron chi connectivity index (χ2n) is 8.29. The fourth-order valence-corrected chi connectivity index (χ4v) is 6.23. The first kappa shape index (κ1) is 15.2. The molecule has 0 aromatic carbocycles. The molecule has 0 spiro atoms. The molecule has 3 saturated carbocycles. The van der Waals surface area contributed by atoms with Gasteiger partial charge in [0.15, 0.2) is 11.4 Å². The number of ketones is 1. The van der Waals surface area contributed by atoms with Gasteiger partial charge in [-0.1, -0.05) is 13.3 Å². The molecule has 0 N–H and O–H groups in total. The minimum Gasteiger partial charge on any atom is -0.450 e. The summed E-state index contributed by atoms with van der Waals surface area (Å²) in [4.78, 5) is 23.7. The zero-order chi connectivity index (χ0) is 16.2. The van der Waals surface area contributed by atoms with Crippen LogP contribution >= 0.6 is 0 Å². The fraction of sp³-hybridized carbons (Fsp3) is 0.700. The van der Waals surface area contributed by atoms with Gasteiger partial charge >= 0.3 is 5.97 Å². The number of hydrogen-bond acceptors (Lipinski definition) is 3. The van der Waals surface area contributed by atoms with Crippen molar-refractivity contribution in [1.29, 1.82) is 0 Å². The standard InChI is InChI=1S/C20H26O3/c1-13(21)23-20-11-7-15(22)12-14(20)5-6-16-17-4-3-9-19(17,2)10-8-18(16)20/h7,11-12,16-18H,3-6,8-10H2,1-2H3. The summed E-state index contributed by atoms with van der Waals surface area (Å²) in [5, 5.41) is 0. The molecule has 3 fully saturated rings. The molecule has 0 heterocycles. The fourth-order valence-electron chi connectivity index (χ4n) is 6.23. The van der Waals surface area contributed by atoms with E-state index in [2.05, 4.69) is 6.92 Å². The Morgan fingerprint density at radius 1 is 1.22 bits per heavy atom. The van der Waals surface area contributed by atoms with Gasteiger partial charge in [-0.05, 0) is 79.6 Å². The molecule has 0 aliphatic heterocycles. The number of fused-ring (bicyclic) bond motifs is 5. The average molecular weight is 314 g/mol. The van der Waals surface area contributed by atoms with Gasteiger partial charge in [0.2, 0.25) is 0 Å². The van der Waals surface area contributed by atoms with Crippen LogP contribution in [-0.4, -0.2) is 17.4 Å². The van der Waals surface area contributed by atoms with E-state index in [4.69, 9.17) is 4.74 Å². The molecule has 0 radical (unpaired) electrons. The monoisotopic (exact) mass is 314 g/mol. The Bertz CT molecular complexity index is 616. The van der Waals surface area contributed by atoms with Crippen LogP contribution in [0.4, 0.5) is 0 Å². The van der Waals surface area contributed by atoms with Gasteiger partial charge in [0.1, 0.15) is 0 Å². The summed E-state index contributed by atoms with van der Waals surface area (Å²) in [7, 11) is 0. The van der Waals surface area contributed by atoms with Gasteiger partial charge in [0, 0.05) is 12.8 Å². The number of hydrogen-bond donors (Lipinski definition) is 0. The van der Waals surface area contributed by atoms with Crippen LogP contribution in [-0.2, 0) is 14.3 Å². The summed E-state index contributed by atoms with van der Waals surface area (Å²) in [6, 6.07) is 0. The smallest absolute Gasteiger partial charge is 0.303 e. The van der Waals surface area contributed by atoms with E-state index in [1.807, 2.05) is 6.08 Å². The first-order valence-corrected chi connectivity index (χ1v) is 9.08. The van der Waals surface area contributed by atoms with Crippen LogP contribution in [0.25, 0.3) is 0 Å². The van der Waals surface area contributed by atoms with Gasteiger partial charge < -0.3 is 4.74 Å². The maximum Gasteiger partial charge on any atom is 0.303 e. The molecule has 0 aromatic rings. The van der Waals surface area contributed by atoms with Gasteiger partial charge in [0.05, 0.1) is 0 Å². The highest BCUT2D eigenvalue weighted by atomic mass is 16.6. The minimum atomic E-state index is -0.646. The zero-order valence-corrected chi connectivity index (χ0v) is 14.1. The zero-order valence-electron chi connectivity index (χ0n) is 14.1. The molecule has 0 saturated heterocycles. The van der Waals surface area contributed by atoms with Crippen LogP contribution in [0.5, 0.6) is 0 Å². The van der Waals surface area contributed by atoms with Crippen LogP contribution in [0, 0.1) is 23.2 Å². The lowest BCUT2D eigenvalue weighted by Gasteiger charge is -2.56. The lowest BCUT2D eigenvalue weighted by Crippen LogP contribution is -2.55. The molecule has 124 valence electrons. The van der Waals surface area contributed by atoms with Crippen molar-refractivity contribution < 1.29 is 14.3 Å². The third-order valence-electron chi connectivity index (χ3n) is 7.14. The summed E-state index contributed by atoms with van der Waals surface area (Å²) in [6.45, 7) is 3.95. The summed E-state index contributed by atoms with van der Waals surface area (Å²) >= 11 is 0. The van der Waals surface area contributed by atoms with Crippen LogP contribution in [0.1, 0.15) is 58.8 Å². The second-order valence-corrected chi connectivity index (χ2v) is 8.29. The Hall–Kier alpha value is -1.38. The Labute approximate surface area is 138 Å². The van der Waals surface area contributed by atoms with E-state index in [0.717, 1.165) is 30.8 Å². The minimum absolute atomic E-state index is 0.0303. The molecule has 4 aliphatic carbocycles. The Balaban J connectivity index is 1.75. The van der Waals surface area contributed by atoms with Crippen molar-refractivity contribution in [3.63, 3.8) is 0 Å². The van der Waals surface area contributed by atoms with Crippen molar-refractivity contribution in [2.45, 2.75) is 64.4 Å². The van der Waals surface area contributed by atoms with E-state index in [1.165, 1.54) is 32.6 Å². The van der Waals surface area contributed by atoms with Gasteiger partial charge in [-0.3, -0.25) is 9.59 Å². The molecule has 5 unspecified atom stereocenters. The molecule has 0 aromatic heterocycles. The highest BCUT2D eigenvalue weighted by Gasteiger charge is 2.58. The lowest BCUT2D eigenvalue weighted by atomic mass is 9.51. The maximum atomic E-state index is 11.8. The van der Waals surface area contributed by atoms with Gasteiger partial charge in [-0.15, -0.1) is 0 Å². The van der Waals surface area contributed by atoms with Crippen molar-refractivity contribution in [2.24, 2.45) is 23.2 Å². The second kappa shape index (κ2) is 5.06. The SMILES string of the molecule is CC(=O)OC12C=CC(=O)C=C1CCC1C3CCCC3(C)CCC12. The Kier molecular flexibility index (Phi) is 3.33. The third kappa shape index (κ3) is 2.15. The van der Waals surface area contributed by atoms with Crippen molar-refractivity contribution in [3.05, 3.63) is 23.8 Å². The third-order valence-corrected chi connectivity index (χ3v) is 7.14. The molecule has 3 nitrogen and oxygen atoms in total. The number of carbonyl (C=O) groups is 2. The first-order chi connectivity index (χ1) is 10.9. The van der Waals surface area contributed by atoms with E-state index in [-0.39, 0.29) is 11.8 Å². The highest BCUT2D eigenvalue weighted by molar-refractivity contribution is 6.01. The number of ether oxygens (including phenoxy) is 1. The topological polar surface area (TPSA) is 43.4 Å². The molecule has 4 aliphatic rings. The quantitative estimate of drug-likeness (QED) is 0.688. The highest BCUT2D eigenvalue weighted by Crippen LogP contribution is 2.62. The summed E-state index contributed by atoms with van der Waals surface area (Å²) < 4.78 is 5.94. The van der Waals surface area contributed by atoms with Crippen molar-refractivity contribution in [1.82, 2.24) is 0 Å². The number of esters is 1. The molecule has 23 heavy (non-hydrogen) atoms. The summed E-state index contributed by atoms with van der Waals surface area (Å²) in [5.41, 5.74) is 0.865. The molecule has 0 bridgehead atoms. The van der Waals surface area contributed by atoms with E-state index in [0.29, 0.717) is 17.3 Å².